The van der Waals surface area contributed by atoms with Gasteiger partial charge in [0.15, 0.2) is 0 Å². The number of anilines is 1. The molecule has 3 aliphatic heterocycles. The van der Waals surface area contributed by atoms with E-state index < -0.39 is 41.3 Å². The van der Waals surface area contributed by atoms with Crippen LogP contribution in [-0.2, 0) is 59.4 Å². The number of methoxy groups -OCH3 is 2. The first-order valence-corrected chi connectivity index (χ1v) is 25.8. The van der Waals surface area contributed by atoms with Crippen molar-refractivity contribution in [2.75, 3.05) is 72.2 Å². The Morgan fingerprint density at radius 2 is 1.82 bits per heavy atom. The highest BCUT2D eigenvalue weighted by atomic mass is 16.5. The second-order valence-electron chi connectivity index (χ2n) is 20.5. The first-order chi connectivity index (χ1) is 35.7. The van der Waals surface area contributed by atoms with Crippen LogP contribution in [0.3, 0.4) is 0 Å². The summed E-state index contributed by atoms with van der Waals surface area (Å²) in [5, 5.41) is 5.59. The van der Waals surface area contributed by atoms with Crippen LogP contribution in [0, 0.1) is 11.3 Å². The summed E-state index contributed by atoms with van der Waals surface area (Å²) in [6, 6.07) is 22.2. The average Bonchev–Trinajstić information content (AvgIpc) is 3.71. The summed E-state index contributed by atoms with van der Waals surface area (Å²) in [6.45, 7) is 14.4. The minimum absolute atomic E-state index is 0.00601. The van der Waals surface area contributed by atoms with Gasteiger partial charge in [-0.2, -0.15) is 4.99 Å². The van der Waals surface area contributed by atoms with Crippen molar-refractivity contribution in [2.24, 2.45) is 21.3 Å². The zero-order chi connectivity index (χ0) is 52.5. The molecule has 2 aromatic heterocycles. The maximum Gasteiger partial charge on any atom is 0.324 e. The minimum atomic E-state index is -1.06. The minimum Gasteiger partial charge on any atom is -0.497 e. The topological polar surface area (TPSA) is 182 Å². The lowest BCUT2D eigenvalue weighted by atomic mass is 9.84. The standard InChI is InChI=1S/C57H71N9O8/c1-9-65-49-18-15-40-30-43(49)44(53(65)45-33-58-21-19-41(45)34-71-7)32-57(4,5)35-74-56(70)47-14-11-23-66(62-47)55(69)48(29-38-12-10-13-39(40)28-38)61-54(68)52(37(2)3)63(6)51(67)20-22-59-36-60-46-17-16-42(72-8)31-50(46)64-24-26-73-27-25-64/h10,12-13,15-19,21,28,30-31,33,37,47-48,52,62H,9,11,14,20,22-27,29,32,34-35H2,1-8H3,(H,61,68)/t47-,48-,52?/m0/s1. The number of aromatic nitrogens is 2. The van der Waals surface area contributed by atoms with Gasteiger partial charge in [0, 0.05) is 93.5 Å². The van der Waals surface area contributed by atoms with Crippen LogP contribution in [0.25, 0.3) is 33.3 Å². The number of cyclic esters (lactones) is 1. The van der Waals surface area contributed by atoms with E-state index in [4.69, 9.17) is 18.9 Å². The van der Waals surface area contributed by atoms with Crippen LogP contribution >= 0.6 is 0 Å². The highest BCUT2D eigenvalue weighted by molar-refractivity contribution is 5.96. The van der Waals surface area contributed by atoms with Crippen LogP contribution < -0.4 is 20.4 Å². The molecule has 2 fully saturated rings. The number of aryl methyl sites for hydroxylation is 1. The van der Waals surface area contributed by atoms with E-state index in [1.807, 2.05) is 56.4 Å². The summed E-state index contributed by atoms with van der Waals surface area (Å²) in [5.41, 5.74) is 12.2. The number of hydrazine groups is 1. The highest BCUT2D eigenvalue weighted by Crippen LogP contribution is 2.41. The number of benzene rings is 3. The number of ether oxygens (including phenoxy) is 4. The number of carbonyl (C=O) groups is 4. The van der Waals surface area contributed by atoms with Gasteiger partial charge in [0.05, 0.1) is 63.2 Å². The smallest absolute Gasteiger partial charge is 0.324 e. The number of amides is 3. The number of morpholine rings is 1. The van der Waals surface area contributed by atoms with Crippen molar-refractivity contribution in [2.45, 2.75) is 98.0 Å². The molecular weight excluding hydrogens is 939 g/mol. The molecular formula is C57H71N9O8. The molecule has 0 saturated carbocycles. The molecule has 5 aromatic rings. The molecule has 8 rings (SSSR count). The van der Waals surface area contributed by atoms with Gasteiger partial charge in [-0.3, -0.25) is 29.2 Å². The second kappa shape index (κ2) is 24.0. The average molecular weight is 1010 g/mol. The molecule has 3 amide bonds. The van der Waals surface area contributed by atoms with Crippen molar-refractivity contribution in [3.05, 3.63) is 95.8 Å². The number of fused-ring (bicyclic) bond motifs is 6. The van der Waals surface area contributed by atoms with E-state index in [-0.39, 0.29) is 37.8 Å². The molecule has 2 saturated heterocycles. The zero-order valence-corrected chi connectivity index (χ0v) is 44.1. The Balaban J connectivity index is 1.07. The fourth-order valence-corrected chi connectivity index (χ4v) is 10.4. The molecule has 74 heavy (non-hydrogen) atoms. The van der Waals surface area contributed by atoms with E-state index in [9.17, 15) is 19.2 Å². The number of hydrogen-bond acceptors (Lipinski definition) is 13. The van der Waals surface area contributed by atoms with Gasteiger partial charge in [0.1, 0.15) is 23.9 Å². The molecule has 17 heteroatoms. The number of rotatable bonds is 14. The van der Waals surface area contributed by atoms with E-state index >= 15 is 0 Å². The summed E-state index contributed by atoms with van der Waals surface area (Å²) < 4.78 is 25.1. The number of nitrogens with zero attached hydrogens (tertiary/aromatic N) is 7. The molecule has 5 heterocycles. The van der Waals surface area contributed by atoms with Crippen LogP contribution in [0.15, 0.2) is 89.1 Å². The predicted octanol–water partition coefficient (Wildman–Crippen LogP) is 7.41. The molecule has 0 spiro atoms. The van der Waals surface area contributed by atoms with E-state index in [1.54, 1.807) is 27.5 Å². The molecule has 2 N–H and O–H groups in total. The van der Waals surface area contributed by atoms with Crippen LogP contribution in [0.5, 0.6) is 5.75 Å². The number of likely N-dealkylation sites (N-methyl/N-ethyl adjacent to an activating group) is 1. The van der Waals surface area contributed by atoms with Gasteiger partial charge < -0.3 is 38.6 Å². The Morgan fingerprint density at radius 3 is 2.58 bits per heavy atom. The van der Waals surface area contributed by atoms with Gasteiger partial charge in [0.25, 0.3) is 5.91 Å². The van der Waals surface area contributed by atoms with E-state index in [2.05, 4.69) is 92.3 Å². The van der Waals surface area contributed by atoms with Crippen molar-refractivity contribution in [3.63, 3.8) is 0 Å². The van der Waals surface area contributed by atoms with Gasteiger partial charge in [-0.05, 0) is 90.3 Å². The number of hydrogen-bond donors (Lipinski definition) is 2. The fourth-order valence-electron chi connectivity index (χ4n) is 10.4. The Labute approximate surface area is 434 Å². The third-order valence-corrected chi connectivity index (χ3v) is 14.2. The van der Waals surface area contributed by atoms with Gasteiger partial charge in [0.2, 0.25) is 11.8 Å². The lowest BCUT2D eigenvalue weighted by Crippen LogP contribution is -2.62. The third kappa shape index (κ3) is 12.2. The SMILES string of the molecule is CCn1c(-c2cnccc2COC)c2c3cc(ccc31)-c1cccc(c1)C[C@H](NC(=O)C(C(C)C)N(C)C(=O)CCN=C=Nc1ccc(OC)cc1N1CCOCC1)C(=O)N1CCC[C@H](N1)C(=O)OCC(C)(C)C2. The normalized spacial score (nSPS) is 18.5. The highest BCUT2D eigenvalue weighted by Gasteiger charge is 2.38. The van der Waals surface area contributed by atoms with Gasteiger partial charge in [-0.25, -0.2) is 10.4 Å². The summed E-state index contributed by atoms with van der Waals surface area (Å²) in [7, 11) is 4.91. The Morgan fingerprint density at radius 1 is 1.03 bits per heavy atom. The van der Waals surface area contributed by atoms with Crippen LogP contribution in [0.2, 0.25) is 0 Å². The summed E-state index contributed by atoms with van der Waals surface area (Å²) >= 11 is 0. The molecule has 17 nitrogen and oxygen atoms in total. The molecule has 1 unspecified atom stereocenters. The summed E-state index contributed by atoms with van der Waals surface area (Å²) in [5.74, 6) is -1.23. The Kier molecular flexibility index (Phi) is 17.3. The molecule has 6 bridgehead atoms. The Bertz CT molecular complexity index is 2900. The monoisotopic (exact) mass is 1010 g/mol. The van der Waals surface area contributed by atoms with E-state index in [1.165, 1.54) is 9.91 Å². The fraction of sp³-hybridized carbons (Fsp3) is 0.474. The van der Waals surface area contributed by atoms with Crippen molar-refractivity contribution in [1.82, 2.24) is 30.2 Å². The van der Waals surface area contributed by atoms with E-state index in [0.717, 1.165) is 55.7 Å². The van der Waals surface area contributed by atoms with Crippen LogP contribution in [0.1, 0.15) is 70.6 Å². The van der Waals surface area contributed by atoms with E-state index in [0.29, 0.717) is 76.7 Å². The molecule has 3 aliphatic rings. The van der Waals surface area contributed by atoms with Crippen LogP contribution in [-0.4, -0.2) is 135 Å². The predicted molar refractivity (Wildman–Crippen MR) is 285 cm³/mol. The van der Waals surface area contributed by atoms with Gasteiger partial charge in [-0.15, -0.1) is 0 Å². The molecule has 0 aliphatic carbocycles. The maximum atomic E-state index is 14.8. The molecule has 0 radical (unpaired) electrons. The van der Waals surface area contributed by atoms with Crippen molar-refractivity contribution in [1.29, 1.82) is 0 Å². The number of aliphatic imine (C=N–C) groups is 2. The quantitative estimate of drug-likeness (QED) is 0.0836. The first-order valence-electron chi connectivity index (χ1n) is 25.8. The van der Waals surface area contributed by atoms with Crippen molar-refractivity contribution >= 4 is 52.0 Å². The van der Waals surface area contributed by atoms with Gasteiger partial charge in [-0.1, -0.05) is 58.0 Å². The second-order valence-corrected chi connectivity index (χ2v) is 20.5. The number of carbonyl (C=O) groups excluding carboxylic acids is 4. The summed E-state index contributed by atoms with van der Waals surface area (Å²) in [6.07, 6.45) is 5.45. The lowest BCUT2D eigenvalue weighted by Gasteiger charge is -2.36. The summed E-state index contributed by atoms with van der Waals surface area (Å²) in [4.78, 5) is 74.1. The number of pyridine rings is 1. The lowest BCUT2D eigenvalue weighted by molar-refractivity contribution is -0.155. The number of esters is 1. The maximum absolute atomic E-state index is 14.8. The number of nitrogens with one attached hydrogen (secondary N) is 2. The first kappa shape index (κ1) is 53.4. The largest absolute Gasteiger partial charge is 0.497 e. The Hall–Kier alpha value is -6.91. The molecule has 3 aromatic carbocycles. The van der Waals surface area contributed by atoms with Crippen LogP contribution in [0.4, 0.5) is 11.4 Å². The van der Waals surface area contributed by atoms with Crippen molar-refractivity contribution < 1.29 is 38.1 Å². The molecule has 392 valence electrons. The molecule has 3 atom stereocenters. The zero-order valence-electron chi connectivity index (χ0n) is 44.1. The van der Waals surface area contributed by atoms with Gasteiger partial charge >= 0.3 is 5.97 Å². The third-order valence-electron chi connectivity index (χ3n) is 14.2. The van der Waals surface area contributed by atoms with Crippen molar-refractivity contribution in [3.8, 4) is 28.1 Å².